The molecule has 0 radical (unpaired) electrons. The number of nitrogens with zero attached hydrogens (tertiary/aromatic N) is 2. The molecule has 0 aromatic heterocycles. The summed E-state index contributed by atoms with van der Waals surface area (Å²) in [5, 5.41) is 0. The molecule has 2 N–H and O–H groups in total. The number of rotatable bonds is 5. The molecule has 158 valence electrons. The predicted octanol–water partition coefficient (Wildman–Crippen LogP) is 0.662. The number of hydrogen-bond acceptors (Lipinski definition) is 6. The molecule has 3 atom stereocenters. The number of hydrogen-bond donors (Lipinski definition) is 1. The number of nitrogens with two attached hydrogens (primary N) is 1. The number of halogens is 1. The molecule has 3 fully saturated rings. The lowest BCUT2D eigenvalue weighted by molar-refractivity contribution is -0.137. The van der Waals surface area contributed by atoms with Crippen molar-refractivity contribution in [1.29, 1.82) is 0 Å². The summed E-state index contributed by atoms with van der Waals surface area (Å²) in [7, 11) is -3.03. The lowest BCUT2D eigenvalue weighted by Gasteiger charge is -2.43. The first-order valence-electron chi connectivity index (χ1n) is 9.76. The van der Waals surface area contributed by atoms with E-state index in [1.165, 1.54) is 0 Å². The first-order valence-corrected chi connectivity index (χ1v) is 11.6. The summed E-state index contributed by atoms with van der Waals surface area (Å²) in [6, 6.07) is -0.0615. The van der Waals surface area contributed by atoms with E-state index in [1.807, 2.05) is 0 Å². The Kier molecular flexibility index (Phi) is 7.58. The van der Waals surface area contributed by atoms with Gasteiger partial charge in [0.05, 0.1) is 24.2 Å². The molecular formula is C18H34ClN3O4S. The Morgan fingerprint density at radius 3 is 2.59 bits per heavy atom. The predicted molar refractivity (Wildman–Crippen MR) is 108 cm³/mol. The molecule has 3 heterocycles. The van der Waals surface area contributed by atoms with Crippen molar-refractivity contribution in [3.63, 3.8) is 0 Å². The zero-order chi connectivity index (χ0) is 18.9. The maximum absolute atomic E-state index is 13.1. The second-order valence-corrected chi connectivity index (χ2v) is 11.1. The fourth-order valence-corrected chi connectivity index (χ4v) is 6.12. The molecule has 27 heavy (non-hydrogen) atoms. The van der Waals surface area contributed by atoms with Crippen molar-refractivity contribution in [2.24, 2.45) is 11.1 Å². The minimum atomic E-state index is -3.03. The lowest BCUT2D eigenvalue weighted by atomic mass is 9.80. The fourth-order valence-electron chi connectivity index (χ4n) is 4.39. The third-order valence-electron chi connectivity index (χ3n) is 6.14. The van der Waals surface area contributed by atoms with Crippen molar-refractivity contribution in [3.8, 4) is 0 Å². The number of carbonyl (C=O) groups excluding carboxylic acids is 1. The highest BCUT2D eigenvalue weighted by Crippen LogP contribution is 2.28. The first kappa shape index (κ1) is 22.9. The van der Waals surface area contributed by atoms with Crippen LogP contribution in [-0.4, -0.2) is 86.6 Å². The summed E-state index contributed by atoms with van der Waals surface area (Å²) in [6.45, 7) is 7.46. The Bertz CT molecular complexity index is 622. The highest BCUT2D eigenvalue weighted by Gasteiger charge is 2.38. The van der Waals surface area contributed by atoms with Gasteiger partial charge in [0.1, 0.15) is 0 Å². The molecule has 0 spiro atoms. The molecular weight excluding hydrogens is 390 g/mol. The molecule has 0 aliphatic carbocycles. The third kappa shape index (κ3) is 5.79. The number of likely N-dealkylation sites (tertiary alicyclic amines) is 1. The Balaban J connectivity index is 0.00000261. The minimum Gasteiger partial charge on any atom is -0.376 e. The second-order valence-electron chi connectivity index (χ2n) is 8.83. The molecule has 7 nitrogen and oxygen atoms in total. The van der Waals surface area contributed by atoms with Gasteiger partial charge in [0.15, 0.2) is 9.84 Å². The second kappa shape index (κ2) is 8.95. The van der Waals surface area contributed by atoms with Gasteiger partial charge in [-0.25, -0.2) is 8.42 Å². The standard InChI is InChI=1S/C18H33N3O4S.ClH/c1-18(2)13-20(7-5-16(18)19)11-17(22)21(10-15-4-3-8-25-15)14-6-9-26(23,24)12-14;/h14-16H,3-13,19H2,1-2H3;1H. The molecule has 3 aliphatic rings. The minimum absolute atomic E-state index is 0. The van der Waals surface area contributed by atoms with Crippen LogP contribution in [0.25, 0.3) is 0 Å². The molecule has 3 unspecified atom stereocenters. The van der Waals surface area contributed by atoms with E-state index in [-0.39, 0.29) is 53.4 Å². The number of ether oxygens (including phenoxy) is 1. The van der Waals surface area contributed by atoms with Gasteiger partial charge in [-0.2, -0.15) is 0 Å². The first-order chi connectivity index (χ1) is 12.2. The average molecular weight is 424 g/mol. The summed E-state index contributed by atoms with van der Waals surface area (Å²) in [4.78, 5) is 17.1. The maximum atomic E-state index is 13.1. The molecule has 0 aromatic rings. The van der Waals surface area contributed by atoms with E-state index in [0.717, 1.165) is 39.0 Å². The zero-order valence-corrected chi connectivity index (χ0v) is 18.1. The lowest BCUT2D eigenvalue weighted by Crippen LogP contribution is -2.56. The van der Waals surface area contributed by atoms with E-state index in [1.54, 1.807) is 4.90 Å². The topological polar surface area (TPSA) is 92.9 Å². The molecule has 0 bridgehead atoms. The van der Waals surface area contributed by atoms with Crippen molar-refractivity contribution in [1.82, 2.24) is 9.80 Å². The van der Waals surface area contributed by atoms with Crippen molar-refractivity contribution in [2.45, 2.75) is 57.7 Å². The van der Waals surface area contributed by atoms with E-state index in [2.05, 4.69) is 18.7 Å². The van der Waals surface area contributed by atoms with Crippen molar-refractivity contribution < 1.29 is 17.9 Å². The molecule has 0 saturated carbocycles. The van der Waals surface area contributed by atoms with Crippen LogP contribution in [0.3, 0.4) is 0 Å². The summed E-state index contributed by atoms with van der Waals surface area (Å²) in [5.41, 5.74) is 6.18. The molecule has 3 saturated heterocycles. The number of sulfone groups is 1. The van der Waals surface area contributed by atoms with Gasteiger partial charge < -0.3 is 15.4 Å². The van der Waals surface area contributed by atoms with E-state index in [9.17, 15) is 13.2 Å². The van der Waals surface area contributed by atoms with Crippen LogP contribution in [0.5, 0.6) is 0 Å². The van der Waals surface area contributed by atoms with Crippen LogP contribution in [0.4, 0.5) is 0 Å². The van der Waals surface area contributed by atoms with Crippen molar-refractivity contribution in [3.05, 3.63) is 0 Å². The number of carbonyl (C=O) groups is 1. The summed E-state index contributed by atoms with van der Waals surface area (Å²) >= 11 is 0. The molecule has 0 aromatic carbocycles. The SMILES string of the molecule is CC1(C)CN(CC(=O)N(CC2CCCO2)C2CCS(=O)(=O)C2)CCC1N.Cl. The smallest absolute Gasteiger partial charge is 0.237 e. The summed E-state index contributed by atoms with van der Waals surface area (Å²) in [6.07, 6.45) is 3.40. The van der Waals surface area contributed by atoms with Crippen molar-refractivity contribution >= 4 is 28.2 Å². The monoisotopic (exact) mass is 423 g/mol. The van der Waals surface area contributed by atoms with Crippen LogP contribution in [0.15, 0.2) is 0 Å². The highest BCUT2D eigenvalue weighted by molar-refractivity contribution is 7.91. The zero-order valence-electron chi connectivity index (χ0n) is 16.4. The third-order valence-corrected chi connectivity index (χ3v) is 7.89. The van der Waals surface area contributed by atoms with Crippen LogP contribution in [0.1, 0.15) is 39.5 Å². The largest absolute Gasteiger partial charge is 0.376 e. The normalized spacial score (nSPS) is 32.8. The quantitative estimate of drug-likeness (QED) is 0.698. The van der Waals surface area contributed by atoms with E-state index in [4.69, 9.17) is 10.5 Å². The maximum Gasteiger partial charge on any atom is 0.237 e. The van der Waals surface area contributed by atoms with Gasteiger partial charge in [-0.1, -0.05) is 13.8 Å². The molecule has 1 amide bonds. The van der Waals surface area contributed by atoms with Gasteiger partial charge in [0, 0.05) is 38.3 Å². The van der Waals surface area contributed by atoms with Crippen molar-refractivity contribution in [2.75, 3.05) is 44.3 Å². The Labute approximate surface area is 169 Å². The van der Waals surface area contributed by atoms with E-state index in [0.29, 0.717) is 19.5 Å². The van der Waals surface area contributed by atoms with Gasteiger partial charge in [-0.3, -0.25) is 9.69 Å². The van der Waals surface area contributed by atoms with Crippen LogP contribution < -0.4 is 5.73 Å². The number of amides is 1. The van der Waals surface area contributed by atoms with Gasteiger partial charge in [-0.05, 0) is 31.1 Å². The molecule has 3 aliphatic heterocycles. The Morgan fingerprint density at radius 1 is 1.30 bits per heavy atom. The Hall–Kier alpha value is -0.410. The van der Waals surface area contributed by atoms with Gasteiger partial charge in [0.25, 0.3) is 0 Å². The van der Waals surface area contributed by atoms with Crippen LogP contribution >= 0.6 is 12.4 Å². The highest BCUT2D eigenvalue weighted by atomic mass is 35.5. The van der Waals surface area contributed by atoms with Crippen LogP contribution in [0.2, 0.25) is 0 Å². The van der Waals surface area contributed by atoms with Gasteiger partial charge in [-0.15, -0.1) is 12.4 Å². The van der Waals surface area contributed by atoms with Crippen LogP contribution in [0, 0.1) is 5.41 Å². The van der Waals surface area contributed by atoms with Gasteiger partial charge in [0.2, 0.25) is 5.91 Å². The fraction of sp³-hybridized carbons (Fsp3) is 0.944. The summed E-state index contributed by atoms with van der Waals surface area (Å²) in [5.74, 6) is 0.286. The summed E-state index contributed by atoms with van der Waals surface area (Å²) < 4.78 is 29.6. The van der Waals surface area contributed by atoms with E-state index < -0.39 is 9.84 Å². The van der Waals surface area contributed by atoms with Crippen LogP contribution in [-0.2, 0) is 19.4 Å². The number of piperidine rings is 1. The Morgan fingerprint density at radius 2 is 2.04 bits per heavy atom. The van der Waals surface area contributed by atoms with Gasteiger partial charge >= 0.3 is 0 Å². The average Bonchev–Trinajstić information content (AvgIpc) is 3.17. The molecule has 3 rings (SSSR count). The molecule has 9 heteroatoms. The van der Waals surface area contributed by atoms with E-state index >= 15 is 0 Å².